The van der Waals surface area contributed by atoms with Gasteiger partial charge in [-0.05, 0) is 54.6 Å². The van der Waals surface area contributed by atoms with E-state index in [4.69, 9.17) is 16.3 Å². The number of hydrogen-bond acceptors (Lipinski definition) is 2. The normalized spacial score (nSPS) is 10.6. The molecule has 0 unspecified atom stereocenters. The first kappa shape index (κ1) is 19.2. The minimum absolute atomic E-state index is 0.0679. The third kappa shape index (κ3) is 5.00. The molecule has 0 saturated heterocycles. The monoisotopic (exact) mass is 497 g/mol. The molecule has 0 aliphatic carbocycles. The first-order chi connectivity index (χ1) is 12.5. The zero-order valence-corrected chi connectivity index (χ0v) is 17.5. The largest absolute Gasteiger partial charge is 0.488 e. The highest BCUT2D eigenvalue weighted by Gasteiger charge is 2.10. The van der Waals surface area contributed by atoms with Gasteiger partial charge in [0, 0.05) is 32.3 Å². The average molecular weight is 500 g/mol. The van der Waals surface area contributed by atoms with Gasteiger partial charge < -0.3 is 10.1 Å². The molecule has 0 fully saturated rings. The SMILES string of the molecule is Fc1cccc(Cl)c1COc1ccc(Br)cc1CNc1ccc(Br)cc1. The van der Waals surface area contributed by atoms with Gasteiger partial charge in [-0.1, -0.05) is 49.5 Å². The number of ether oxygens (including phenoxy) is 1. The standard InChI is InChI=1S/C20H15Br2ClFNO/c21-14-4-7-16(8-5-14)25-11-13-10-15(22)6-9-20(13)26-12-17-18(23)2-1-3-19(17)24/h1-10,25H,11-12H2. The molecule has 0 aliphatic rings. The summed E-state index contributed by atoms with van der Waals surface area (Å²) in [4.78, 5) is 0. The minimum Gasteiger partial charge on any atom is -0.488 e. The highest BCUT2D eigenvalue weighted by atomic mass is 79.9. The number of rotatable bonds is 6. The van der Waals surface area contributed by atoms with E-state index in [0.717, 1.165) is 20.2 Å². The number of hydrogen-bond donors (Lipinski definition) is 1. The molecule has 134 valence electrons. The second-order valence-corrected chi connectivity index (χ2v) is 7.84. The van der Waals surface area contributed by atoms with Crippen molar-refractivity contribution in [1.82, 2.24) is 0 Å². The van der Waals surface area contributed by atoms with E-state index in [-0.39, 0.29) is 12.4 Å². The molecule has 3 rings (SSSR count). The molecule has 1 N–H and O–H groups in total. The molecule has 0 atom stereocenters. The van der Waals surface area contributed by atoms with Gasteiger partial charge in [0.2, 0.25) is 0 Å². The van der Waals surface area contributed by atoms with Crippen LogP contribution < -0.4 is 10.1 Å². The highest BCUT2D eigenvalue weighted by Crippen LogP contribution is 2.27. The molecule has 26 heavy (non-hydrogen) atoms. The minimum atomic E-state index is -0.371. The molecule has 0 heterocycles. The Bertz CT molecular complexity index is 883. The molecule has 2 nitrogen and oxygen atoms in total. The van der Waals surface area contributed by atoms with Crippen LogP contribution in [-0.2, 0) is 13.2 Å². The van der Waals surface area contributed by atoms with E-state index in [1.807, 2.05) is 42.5 Å². The summed E-state index contributed by atoms with van der Waals surface area (Å²) in [5.41, 5.74) is 2.30. The van der Waals surface area contributed by atoms with Crippen LogP contribution in [0.1, 0.15) is 11.1 Å². The number of nitrogens with one attached hydrogen (secondary N) is 1. The third-order valence-electron chi connectivity index (χ3n) is 3.78. The molecule has 0 amide bonds. The predicted molar refractivity (Wildman–Crippen MR) is 111 cm³/mol. The van der Waals surface area contributed by atoms with Crippen molar-refractivity contribution in [1.29, 1.82) is 0 Å². The van der Waals surface area contributed by atoms with Crippen molar-refractivity contribution in [2.24, 2.45) is 0 Å². The summed E-state index contributed by atoms with van der Waals surface area (Å²) in [6, 6.07) is 18.3. The topological polar surface area (TPSA) is 21.3 Å². The summed E-state index contributed by atoms with van der Waals surface area (Å²) >= 11 is 13.0. The lowest BCUT2D eigenvalue weighted by molar-refractivity contribution is 0.297. The van der Waals surface area contributed by atoms with Gasteiger partial charge >= 0.3 is 0 Å². The van der Waals surface area contributed by atoms with Crippen LogP contribution in [-0.4, -0.2) is 0 Å². The molecule has 3 aromatic carbocycles. The van der Waals surface area contributed by atoms with Crippen LogP contribution in [0.5, 0.6) is 5.75 Å². The number of halogens is 4. The first-order valence-electron chi connectivity index (χ1n) is 7.86. The smallest absolute Gasteiger partial charge is 0.131 e. The van der Waals surface area contributed by atoms with E-state index in [9.17, 15) is 4.39 Å². The van der Waals surface area contributed by atoms with E-state index in [1.165, 1.54) is 6.07 Å². The Morgan fingerprint density at radius 3 is 2.42 bits per heavy atom. The van der Waals surface area contributed by atoms with Gasteiger partial charge in [0.15, 0.2) is 0 Å². The second kappa shape index (κ2) is 8.89. The lowest BCUT2D eigenvalue weighted by Gasteiger charge is -2.14. The molecule has 0 aromatic heterocycles. The maximum atomic E-state index is 13.9. The van der Waals surface area contributed by atoms with E-state index < -0.39 is 0 Å². The predicted octanol–water partition coefficient (Wildman–Crippen LogP) is 7.20. The Labute approximate surface area is 173 Å². The molecular weight excluding hydrogens is 484 g/mol. The van der Waals surface area contributed by atoms with Crippen molar-refractivity contribution in [2.45, 2.75) is 13.2 Å². The lowest BCUT2D eigenvalue weighted by Crippen LogP contribution is -2.05. The summed E-state index contributed by atoms with van der Waals surface area (Å²) in [5, 5.41) is 3.71. The van der Waals surface area contributed by atoms with Gasteiger partial charge in [-0.2, -0.15) is 0 Å². The molecule has 0 saturated carbocycles. The Hall–Kier alpha value is -1.56. The van der Waals surface area contributed by atoms with Crippen molar-refractivity contribution in [3.05, 3.63) is 91.6 Å². The Morgan fingerprint density at radius 2 is 1.69 bits per heavy atom. The molecular formula is C20H15Br2ClFNO. The van der Waals surface area contributed by atoms with Crippen molar-refractivity contribution < 1.29 is 9.13 Å². The van der Waals surface area contributed by atoms with Crippen LogP contribution in [0.15, 0.2) is 69.6 Å². The fourth-order valence-corrected chi connectivity index (χ4v) is 3.30. The van der Waals surface area contributed by atoms with E-state index in [1.54, 1.807) is 12.1 Å². The summed E-state index contributed by atoms with van der Waals surface area (Å²) in [6.07, 6.45) is 0. The molecule has 0 bridgehead atoms. The second-order valence-electron chi connectivity index (χ2n) is 5.60. The van der Waals surface area contributed by atoms with Crippen LogP contribution >= 0.6 is 43.5 Å². The zero-order chi connectivity index (χ0) is 18.5. The fourth-order valence-electron chi connectivity index (χ4n) is 2.41. The number of anilines is 1. The number of benzene rings is 3. The molecule has 0 radical (unpaired) electrons. The van der Waals surface area contributed by atoms with Gasteiger partial charge in [0.25, 0.3) is 0 Å². The van der Waals surface area contributed by atoms with Crippen LogP contribution in [0.3, 0.4) is 0 Å². The van der Waals surface area contributed by atoms with Crippen molar-refractivity contribution in [2.75, 3.05) is 5.32 Å². The highest BCUT2D eigenvalue weighted by molar-refractivity contribution is 9.10. The maximum absolute atomic E-state index is 13.9. The first-order valence-corrected chi connectivity index (χ1v) is 9.83. The van der Waals surface area contributed by atoms with Crippen molar-refractivity contribution in [3.8, 4) is 5.75 Å². The lowest BCUT2D eigenvalue weighted by atomic mass is 10.2. The summed E-state index contributed by atoms with van der Waals surface area (Å²) < 4.78 is 21.8. The van der Waals surface area contributed by atoms with Gasteiger partial charge in [-0.3, -0.25) is 0 Å². The molecule has 6 heteroatoms. The van der Waals surface area contributed by atoms with Gasteiger partial charge in [0.05, 0.1) is 5.02 Å². The summed E-state index contributed by atoms with van der Waals surface area (Å²) in [6.45, 7) is 0.639. The van der Waals surface area contributed by atoms with Crippen LogP contribution in [0.25, 0.3) is 0 Å². The Morgan fingerprint density at radius 1 is 0.962 bits per heavy atom. The Balaban J connectivity index is 1.74. The van der Waals surface area contributed by atoms with Crippen molar-refractivity contribution in [3.63, 3.8) is 0 Å². The van der Waals surface area contributed by atoms with Crippen LogP contribution in [0.4, 0.5) is 10.1 Å². The molecule has 0 spiro atoms. The van der Waals surface area contributed by atoms with Gasteiger partial charge in [0.1, 0.15) is 18.2 Å². The van der Waals surface area contributed by atoms with Gasteiger partial charge in [-0.25, -0.2) is 4.39 Å². The molecule has 3 aromatic rings. The van der Waals surface area contributed by atoms with Crippen LogP contribution in [0.2, 0.25) is 5.02 Å². The van der Waals surface area contributed by atoms with E-state index in [0.29, 0.717) is 22.9 Å². The average Bonchev–Trinajstić information content (AvgIpc) is 2.62. The quantitative estimate of drug-likeness (QED) is 0.387. The molecule has 0 aliphatic heterocycles. The van der Waals surface area contributed by atoms with E-state index >= 15 is 0 Å². The zero-order valence-electron chi connectivity index (χ0n) is 13.6. The van der Waals surface area contributed by atoms with Gasteiger partial charge in [-0.15, -0.1) is 0 Å². The maximum Gasteiger partial charge on any atom is 0.131 e. The third-order valence-corrected chi connectivity index (χ3v) is 5.16. The van der Waals surface area contributed by atoms with Crippen LogP contribution in [0, 0.1) is 5.82 Å². The summed E-state index contributed by atoms with van der Waals surface area (Å²) in [5.74, 6) is 0.307. The van der Waals surface area contributed by atoms with Crippen molar-refractivity contribution >= 4 is 49.1 Å². The Kier molecular flexibility index (Phi) is 6.57. The fraction of sp³-hybridized carbons (Fsp3) is 0.100. The van der Waals surface area contributed by atoms with E-state index in [2.05, 4.69) is 37.2 Å². The summed E-state index contributed by atoms with van der Waals surface area (Å²) in [7, 11) is 0.